The lowest BCUT2D eigenvalue weighted by Crippen LogP contribution is -2.65. The first-order valence-electron chi connectivity index (χ1n) is 23.7. The molecule has 6 N–H and O–H groups in total. The van der Waals surface area contributed by atoms with Crippen molar-refractivity contribution in [3.8, 4) is 0 Å². The van der Waals surface area contributed by atoms with E-state index >= 15 is 0 Å². The Hall–Kier alpha value is -2.80. The summed E-state index contributed by atoms with van der Waals surface area (Å²) in [5.74, 6) is -3.59. The number of aliphatic hydroxyl groups is 5. The zero-order valence-electron chi connectivity index (χ0n) is 42.2. The minimum Gasteiger partial charge on any atom is -0.462 e. The van der Waals surface area contributed by atoms with E-state index in [4.69, 9.17) is 47.8 Å². The minimum absolute atomic E-state index is 0.00788. The molecule has 392 valence electrons. The summed E-state index contributed by atoms with van der Waals surface area (Å²) in [6.45, 7) is 15.3. The lowest BCUT2D eigenvalue weighted by molar-refractivity contribution is -0.341. The van der Waals surface area contributed by atoms with E-state index in [-0.39, 0.29) is 31.7 Å². The van der Waals surface area contributed by atoms with Gasteiger partial charge in [-0.25, -0.2) is 0 Å². The Morgan fingerprint density at radius 1 is 0.882 bits per heavy atom. The quantitative estimate of drug-likeness (QED) is 0.0508. The molecule has 68 heavy (non-hydrogen) atoms. The Morgan fingerprint density at radius 2 is 1.51 bits per heavy atom. The van der Waals surface area contributed by atoms with Crippen molar-refractivity contribution in [2.45, 2.75) is 198 Å². The number of likely N-dealkylation sites (N-methyl/N-ethyl adjacent to an activating group) is 1. The predicted octanol–water partition coefficient (Wildman–Crippen LogP) is 2.30. The molecule has 0 bridgehead atoms. The van der Waals surface area contributed by atoms with E-state index < -0.39 is 140 Å². The molecule has 20 heteroatoms. The van der Waals surface area contributed by atoms with E-state index in [1.54, 1.807) is 66.6 Å². The number of hydrogen-bond acceptors (Lipinski definition) is 20. The van der Waals surface area contributed by atoms with Crippen molar-refractivity contribution in [2.75, 3.05) is 34.9 Å². The molecule has 4 rings (SSSR count). The van der Waals surface area contributed by atoms with Crippen LogP contribution in [-0.4, -0.2) is 199 Å². The molecule has 0 aromatic heterocycles. The lowest BCUT2D eigenvalue weighted by Gasteiger charge is -2.50. The topological polar surface area (TPSA) is 271 Å². The van der Waals surface area contributed by atoms with Crippen molar-refractivity contribution >= 4 is 24.3 Å². The van der Waals surface area contributed by atoms with Crippen LogP contribution in [0.3, 0.4) is 0 Å². The van der Waals surface area contributed by atoms with Crippen LogP contribution < -0.4 is 0 Å². The summed E-state index contributed by atoms with van der Waals surface area (Å²) in [7, 11) is 6.43. The van der Waals surface area contributed by atoms with Crippen molar-refractivity contribution < 1.29 is 87.8 Å². The summed E-state index contributed by atoms with van der Waals surface area (Å²) in [6.07, 6.45) is -7.18. The fourth-order valence-corrected chi connectivity index (χ4v) is 9.51. The predicted molar refractivity (Wildman–Crippen MR) is 246 cm³/mol. The van der Waals surface area contributed by atoms with E-state index in [9.17, 15) is 39.9 Å². The summed E-state index contributed by atoms with van der Waals surface area (Å²) < 4.78 is 54.7. The number of ether oxygens (including phenoxy) is 9. The Kier molecular flexibility index (Phi) is 24.2. The van der Waals surface area contributed by atoms with E-state index in [2.05, 4.69) is 5.16 Å². The van der Waals surface area contributed by atoms with Gasteiger partial charge >= 0.3 is 5.97 Å². The standard InChI is InChI=1S/C46H77NO17.C2H5NO/c1-13-33-30(22-58-45-42(57-12)41(56-11)37(52)26(5)60-45)18-23(2)14-15-31(49)24(3)19-29(16-17-48)39(25(4)32(50)20-34(51)62-33)64-44-38(53)36(47(9)10)40(27(6)61-44)63-35-21-46(8,55)43(54)28(7)59-35;1-2-3-4/h14-15,17-18,24-30,32-33,35-45,50,52-55H,13,16,19-22H2,1-12H3;2,4H,1H3/b15-14+,23-18+;3-2+/t24-,25+,26-,27-,28+,29+,30?,32-,33-,35+,36-,37-,38-,39-,40-,41-,42-,43+,44+,45-,46-;/m1./s1. The fraction of sp³-hybridized carbons (Fsp3) is 0.833. The fourth-order valence-electron chi connectivity index (χ4n) is 9.51. The van der Waals surface area contributed by atoms with Gasteiger partial charge in [-0.1, -0.05) is 38.5 Å². The van der Waals surface area contributed by atoms with Crippen LogP contribution in [0.5, 0.6) is 0 Å². The monoisotopic (exact) mass is 975 g/mol. The van der Waals surface area contributed by atoms with Crippen LogP contribution in [-0.2, 0) is 57.0 Å². The van der Waals surface area contributed by atoms with Crippen LogP contribution in [0.2, 0.25) is 0 Å². The first kappa shape index (κ1) is 59.5. The summed E-state index contributed by atoms with van der Waals surface area (Å²) in [4.78, 5) is 41.5. The summed E-state index contributed by atoms with van der Waals surface area (Å²) in [5, 5.41) is 65.8. The molecule has 1 unspecified atom stereocenters. The summed E-state index contributed by atoms with van der Waals surface area (Å²) in [5.41, 5.74) is -0.806. The van der Waals surface area contributed by atoms with Gasteiger partial charge in [-0.15, -0.1) is 5.16 Å². The maximum Gasteiger partial charge on any atom is 0.308 e. The molecule has 4 aliphatic rings. The van der Waals surface area contributed by atoms with Crippen LogP contribution >= 0.6 is 0 Å². The van der Waals surface area contributed by atoms with Crippen molar-refractivity contribution in [3.63, 3.8) is 0 Å². The van der Waals surface area contributed by atoms with Crippen LogP contribution in [0.4, 0.5) is 0 Å². The van der Waals surface area contributed by atoms with Crippen molar-refractivity contribution in [3.05, 3.63) is 23.8 Å². The highest BCUT2D eigenvalue weighted by Gasteiger charge is 2.52. The number of aldehydes is 1. The van der Waals surface area contributed by atoms with Crippen LogP contribution in [0.25, 0.3) is 0 Å². The highest BCUT2D eigenvalue weighted by Crippen LogP contribution is 2.37. The first-order valence-corrected chi connectivity index (χ1v) is 23.7. The molecule has 3 saturated heterocycles. The molecule has 20 nitrogen and oxygen atoms in total. The van der Waals surface area contributed by atoms with Gasteiger partial charge in [0.25, 0.3) is 0 Å². The molecule has 0 aromatic carbocycles. The zero-order chi connectivity index (χ0) is 51.2. The lowest BCUT2D eigenvalue weighted by atomic mass is 9.79. The molecule has 4 aliphatic heterocycles. The molecule has 0 aliphatic carbocycles. The Bertz CT molecular complexity index is 1640. The molecule has 0 saturated carbocycles. The number of aliphatic hydroxyl groups excluding tert-OH is 4. The van der Waals surface area contributed by atoms with Crippen molar-refractivity contribution in [1.82, 2.24) is 4.90 Å². The molecule has 21 atom stereocenters. The Morgan fingerprint density at radius 3 is 2.07 bits per heavy atom. The number of cyclic esters (lactones) is 1. The molecule has 3 fully saturated rings. The molecular weight excluding hydrogens is 893 g/mol. The van der Waals surface area contributed by atoms with Gasteiger partial charge in [-0.2, -0.15) is 0 Å². The molecule has 4 heterocycles. The number of hydrogen-bond donors (Lipinski definition) is 6. The normalized spacial score (nSPS) is 43.8. The average Bonchev–Trinajstić information content (AvgIpc) is 3.28. The molecule has 0 amide bonds. The molecule has 0 spiro atoms. The third kappa shape index (κ3) is 15.9. The molecule has 0 aromatic rings. The summed E-state index contributed by atoms with van der Waals surface area (Å²) in [6, 6.07) is -0.748. The maximum atomic E-state index is 13.8. The van der Waals surface area contributed by atoms with Crippen molar-refractivity contribution in [1.29, 1.82) is 0 Å². The van der Waals surface area contributed by atoms with E-state index in [0.29, 0.717) is 12.0 Å². The highest BCUT2D eigenvalue weighted by atomic mass is 16.7. The van der Waals surface area contributed by atoms with Gasteiger partial charge < -0.3 is 83.1 Å². The number of carbonyl (C=O) groups is 3. The zero-order valence-corrected chi connectivity index (χ0v) is 42.2. The minimum atomic E-state index is -1.49. The number of allylic oxidation sites excluding steroid dienone is 3. The van der Waals surface area contributed by atoms with Crippen LogP contribution in [0.15, 0.2) is 29.0 Å². The van der Waals surface area contributed by atoms with Crippen LogP contribution in [0, 0.1) is 23.7 Å². The third-order valence-corrected chi connectivity index (χ3v) is 13.5. The van der Waals surface area contributed by atoms with E-state index in [1.807, 2.05) is 19.9 Å². The SMILES string of the molecule is C/C=N/O.CC[C@H]1OC(=O)C[C@@H](O)[C@H](C)[C@@H](O[C@@H]2O[C@H](C)[C@@H](O[C@H]3C[C@@](C)(O)[C@@H](O)[C@H](C)O3)[C@H](N(C)C)[C@H]2O)[C@@H](CC=O)C[C@@H](C)C(=O)/C=C/C(C)=C/C1CO[C@@H]1O[C@H](C)[C@@H](O)[C@@H](OC)[C@H]1OC. The third-order valence-electron chi connectivity index (χ3n) is 13.5. The second-order valence-electron chi connectivity index (χ2n) is 19.1. The van der Waals surface area contributed by atoms with Gasteiger partial charge in [0.15, 0.2) is 24.7 Å². The maximum absolute atomic E-state index is 13.8. The first-order chi connectivity index (χ1) is 32.0. The average molecular weight is 975 g/mol. The number of ketones is 1. The van der Waals surface area contributed by atoms with Gasteiger partial charge in [-0.3, -0.25) is 9.59 Å². The van der Waals surface area contributed by atoms with E-state index in [0.717, 1.165) is 6.29 Å². The second-order valence-corrected chi connectivity index (χ2v) is 19.1. The van der Waals surface area contributed by atoms with Gasteiger partial charge in [0.1, 0.15) is 49.0 Å². The number of rotatable bonds is 13. The number of nitrogens with zero attached hydrogens (tertiary/aromatic N) is 2. The largest absolute Gasteiger partial charge is 0.462 e. The van der Waals surface area contributed by atoms with E-state index in [1.165, 1.54) is 33.4 Å². The number of carbonyl (C=O) groups excluding carboxylic acids is 3. The number of esters is 1. The summed E-state index contributed by atoms with van der Waals surface area (Å²) >= 11 is 0. The van der Waals surface area contributed by atoms with Gasteiger partial charge in [0.2, 0.25) is 0 Å². The smallest absolute Gasteiger partial charge is 0.308 e. The Labute approximate surface area is 401 Å². The molecular formula is C48H82N2O18. The Balaban J connectivity index is 0.00000294. The van der Waals surface area contributed by atoms with Gasteiger partial charge in [0.05, 0.1) is 55.2 Å². The van der Waals surface area contributed by atoms with Crippen molar-refractivity contribution in [2.24, 2.45) is 28.8 Å². The van der Waals surface area contributed by atoms with Gasteiger partial charge in [0, 0.05) is 51.0 Å². The van der Waals surface area contributed by atoms with Crippen LogP contribution in [0.1, 0.15) is 94.4 Å². The number of oxime groups is 1. The number of methoxy groups -OCH3 is 2. The highest BCUT2D eigenvalue weighted by molar-refractivity contribution is 5.91. The molecule has 0 radical (unpaired) electrons. The van der Waals surface area contributed by atoms with Gasteiger partial charge in [-0.05, 0) is 80.5 Å². The second kappa shape index (κ2) is 27.7.